The highest BCUT2D eigenvalue weighted by molar-refractivity contribution is 6.04. The maximum atomic E-state index is 11.0. The lowest BCUT2D eigenvalue weighted by Gasteiger charge is -2.04. The fourth-order valence-corrected chi connectivity index (χ4v) is 1.12. The second-order valence-corrected chi connectivity index (χ2v) is 2.71. The van der Waals surface area contributed by atoms with Crippen molar-refractivity contribution in [3.63, 3.8) is 0 Å². The third kappa shape index (κ3) is 1.49. The molecule has 0 unspecified atom stereocenters. The van der Waals surface area contributed by atoms with Crippen LogP contribution in [0.15, 0.2) is 12.1 Å². The number of nitrogen functional groups attached to an aromatic ring is 1. The van der Waals surface area contributed by atoms with Gasteiger partial charge in [-0.2, -0.15) is 0 Å². The van der Waals surface area contributed by atoms with Gasteiger partial charge in [0.05, 0.1) is 10.6 Å². The molecule has 0 spiro atoms. The number of nitrogens with zero attached hydrogens (tertiary/aromatic N) is 1. The number of nitro groups is 1. The van der Waals surface area contributed by atoms with Crippen LogP contribution >= 0.6 is 0 Å². The Morgan fingerprint density at radius 2 is 2.14 bits per heavy atom. The summed E-state index contributed by atoms with van der Waals surface area (Å²) in [4.78, 5) is 20.8. The maximum absolute atomic E-state index is 11.0. The summed E-state index contributed by atoms with van der Waals surface area (Å²) in [7, 11) is 0. The predicted molar refractivity (Wildman–Crippen MR) is 49.2 cm³/mol. The summed E-state index contributed by atoms with van der Waals surface area (Å²) < 4.78 is 0. The molecule has 0 atom stereocenters. The first-order chi connectivity index (χ1) is 6.45. The molecule has 0 bridgehead atoms. The zero-order chi connectivity index (χ0) is 10.9. The Morgan fingerprint density at radius 3 is 2.57 bits per heavy atom. The summed E-state index contributed by atoms with van der Waals surface area (Å²) in [5, 5.41) is 19.7. The monoisotopic (exact) mass is 196 g/mol. The van der Waals surface area contributed by atoms with Crippen molar-refractivity contribution in [3.8, 4) is 5.75 Å². The number of hydrogen-bond acceptors (Lipinski definition) is 5. The van der Waals surface area contributed by atoms with Gasteiger partial charge in [0.1, 0.15) is 11.3 Å². The second kappa shape index (κ2) is 3.33. The number of phenolic OH excluding ortho intramolecular Hbond substituents is 1. The number of phenols is 1. The summed E-state index contributed by atoms with van der Waals surface area (Å²) in [6.07, 6.45) is 0. The third-order valence-electron chi connectivity index (χ3n) is 1.75. The van der Waals surface area contributed by atoms with Gasteiger partial charge in [0.2, 0.25) is 0 Å². The number of rotatable bonds is 2. The van der Waals surface area contributed by atoms with Gasteiger partial charge in [-0.1, -0.05) is 0 Å². The lowest BCUT2D eigenvalue weighted by Crippen LogP contribution is -2.04. The molecular weight excluding hydrogens is 188 g/mol. The number of nitro benzene ring substituents is 1. The van der Waals surface area contributed by atoms with Crippen molar-refractivity contribution in [2.24, 2.45) is 0 Å². The Balaban J connectivity index is 3.53. The molecule has 6 heteroatoms. The number of carbonyl (C=O) groups is 1. The molecule has 0 aliphatic carbocycles. The molecular formula is C8H8N2O4. The van der Waals surface area contributed by atoms with Gasteiger partial charge in [-0.15, -0.1) is 0 Å². The Morgan fingerprint density at radius 1 is 1.57 bits per heavy atom. The predicted octanol–water partition coefficient (Wildman–Crippen LogP) is 1.09. The number of anilines is 1. The van der Waals surface area contributed by atoms with Crippen molar-refractivity contribution in [2.75, 3.05) is 5.73 Å². The van der Waals surface area contributed by atoms with Crippen LogP contribution in [0.4, 0.5) is 11.4 Å². The normalized spacial score (nSPS) is 9.79. The molecule has 0 aliphatic rings. The van der Waals surface area contributed by atoms with Gasteiger partial charge in [0.25, 0.3) is 5.69 Å². The molecule has 1 aromatic carbocycles. The molecule has 14 heavy (non-hydrogen) atoms. The van der Waals surface area contributed by atoms with Crippen molar-refractivity contribution in [1.82, 2.24) is 0 Å². The van der Waals surface area contributed by atoms with Crippen LogP contribution in [0, 0.1) is 10.1 Å². The third-order valence-corrected chi connectivity index (χ3v) is 1.75. The zero-order valence-electron chi connectivity index (χ0n) is 7.35. The largest absolute Gasteiger partial charge is 0.506 e. The number of ketones is 1. The first kappa shape index (κ1) is 9.97. The molecule has 0 amide bonds. The van der Waals surface area contributed by atoms with Crippen LogP contribution in [0.25, 0.3) is 0 Å². The molecule has 6 nitrogen and oxygen atoms in total. The quantitative estimate of drug-likeness (QED) is 0.242. The fraction of sp³-hybridized carbons (Fsp3) is 0.125. The SMILES string of the molecule is CC(=O)c1c([N+](=O)[O-])ccc(O)c1N. The highest BCUT2D eigenvalue weighted by Crippen LogP contribution is 2.31. The minimum atomic E-state index is -0.716. The molecule has 1 aromatic rings. The zero-order valence-corrected chi connectivity index (χ0v) is 7.35. The van der Waals surface area contributed by atoms with Crippen LogP contribution in [0.1, 0.15) is 17.3 Å². The first-order valence-corrected chi connectivity index (χ1v) is 3.72. The molecule has 0 saturated heterocycles. The van der Waals surface area contributed by atoms with E-state index in [0.29, 0.717) is 0 Å². The smallest absolute Gasteiger partial charge is 0.282 e. The van der Waals surface area contributed by atoms with Gasteiger partial charge in [0.15, 0.2) is 5.78 Å². The van der Waals surface area contributed by atoms with E-state index in [4.69, 9.17) is 10.8 Å². The molecule has 3 N–H and O–H groups in total. The van der Waals surface area contributed by atoms with Crippen molar-refractivity contribution in [1.29, 1.82) is 0 Å². The van der Waals surface area contributed by atoms with E-state index in [9.17, 15) is 14.9 Å². The fourth-order valence-electron chi connectivity index (χ4n) is 1.12. The van der Waals surface area contributed by atoms with Crippen LogP contribution in [0.3, 0.4) is 0 Å². The van der Waals surface area contributed by atoms with Gasteiger partial charge < -0.3 is 10.8 Å². The Kier molecular flexibility index (Phi) is 2.37. The van der Waals surface area contributed by atoms with E-state index in [1.807, 2.05) is 0 Å². The van der Waals surface area contributed by atoms with E-state index < -0.39 is 16.4 Å². The van der Waals surface area contributed by atoms with E-state index >= 15 is 0 Å². The van der Waals surface area contributed by atoms with Crippen LogP contribution in [0.2, 0.25) is 0 Å². The van der Waals surface area contributed by atoms with E-state index in [0.717, 1.165) is 19.1 Å². The molecule has 0 aliphatic heterocycles. The number of hydrogen-bond donors (Lipinski definition) is 2. The minimum Gasteiger partial charge on any atom is -0.506 e. The van der Waals surface area contributed by atoms with E-state index in [2.05, 4.69) is 0 Å². The van der Waals surface area contributed by atoms with Gasteiger partial charge in [-0.3, -0.25) is 14.9 Å². The first-order valence-electron chi connectivity index (χ1n) is 3.72. The molecule has 0 aromatic heterocycles. The standard InChI is InChI=1S/C8H8N2O4/c1-4(11)7-5(10(13)14)2-3-6(12)8(7)9/h2-3,12H,9H2,1H3. The van der Waals surface area contributed by atoms with E-state index in [1.54, 1.807) is 0 Å². The summed E-state index contributed by atoms with van der Waals surface area (Å²) in [6, 6.07) is 2.13. The maximum Gasteiger partial charge on any atom is 0.282 e. The number of Topliss-reactive ketones (excluding diaryl/α,β-unsaturated/α-hetero) is 1. The Labute approximate surface area is 79.1 Å². The summed E-state index contributed by atoms with van der Waals surface area (Å²) in [5.74, 6) is -0.883. The van der Waals surface area contributed by atoms with Gasteiger partial charge in [0, 0.05) is 6.07 Å². The van der Waals surface area contributed by atoms with Crippen LogP contribution in [0.5, 0.6) is 5.75 Å². The molecule has 0 fully saturated rings. The number of carbonyl (C=O) groups excluding carboxylic acids is 1. The van der Waals surface area contributed by atoms with Gasteiger partial charge in [-0.05, 0) is 13.0 Å². The van der Waals surface area contributed by atoms with E-state index in [1.165, 1.54) is 0 Å². The van der Waals surface area contributed by atoms with Gasteiger partial charge in [-0.25, -0.2) is 0 Å². The van der Waals surface area contributed by atoms with Crippen LogP contribution in [-0.2, 0) is 0 Å². The Bertz CT molecular complexity index is 414. The average Bonchev–Trinajstić information content (AvgIpc) is 2.08. The lowest BCUT2D eigenvalue weighted by molar-refractivity contribution is -0.385. The number of aromatic hydroxyl groups is 1. The van der Waals surface area contributed by atoms with Crippen LogP contribution < -0.4 is 5.73 Å². The molecule has 0 radical (unpaired) electrons. The Hall–Kier alpha value is -2.11. The van der Waals surface area contributed by atoms with Crippen molar-refractivity contribution in [3.05, 3.63) is 27.8 Å². The second-order valence-electron chi connectivity index (χ2n) is 2.71. The highest BCUT2D eigenvalue weighted by atomic mass is 16.6. The van der Waals surface area contributed by atoms with Crippen molar-refractivity contribution < 1.29 is 14.8 Å². The number of nitrogens with two attached hydrogens (primary N) is 1. The molecule has 0 heterocycles. The summed E-state index contributed by atoms with van der Waals surface area (Å²) >= 11 is 0. The number of benzene rings is 1. The minimum absolute atomic E-state index is 0.255. The average molecular weight is 196 g/mol. The van der Waals surface area contributed by atoms with Crippen molar-refractivity contribution in [2.45, 2.75) is 6.92 Å². The highest BCUT2D eigenvalue weighted by Gasteiger charge is 2.22. The lowest BCUT2D eigenvalue weighted by atomic mass is 10.1. The summed E-state index contributed by atoms with van der Waals surface area (Å²) in [6.45, 7) is 1.15. The topological polar surface area (TPSA) is 106 Å². The summed E-state index contributed by atoms with van der Waals surface area (Å²) in [5.41, 5.74) is 4.44. The molecule has 0 saturated carbocycles. The van der Waals surface area contributed by atoms with Crippen LogP contribution in [-0.4, -0.2) is 15.8 Å². The van der Waals surface area contributed by atoms with E-state index in [-0.39, 0.29) is 17.0 Å². The molecule has 74 valence electrons. The van der Waals surface area contributed by atoms with Crippen molar-refractivity contribution >= 4 is 17.2 Å². The van der Waals surface area contributed by atoms with Gasteiger partial charge >= 0.3 is 0 Å². The molecule has 1 rings (SSSR count).